The van der Waals surface area contributed by atoms with Gasteiger partial charge in [0, 0.05) is 31.2 Å². The molecule has 1 heterocycles. The highest BCUT2D eigenvalue weighted by Gasteiger charge is 2.60. The first-order chi connectivity index (χ1) is 17.8. The quantitative estimate of drug-likeness (QED) is 0.448. The first-order valence-corrected chi connectivity index (χ1v) is 13.8. The number of piperazine rings is 1. The molecule has 1 saturated heterocycles. The molecule has 17 heteroatoms. The Bertz CT molecular complexity index is 1170. The van der Waals surface area contributed by atoms with Crippen molar-refractivity contribution in [3.8, 4) is 0 Å². The van der Waals surface area contributed by atoms with Gasteiger partial charge in [-0.05, 0) is 37.0 Å². The Labute approximate surface area is 225 Å². The molecule has 0 spiro atoms. The number of hydrogen-bond acceptors (Lipinski definition) is 7. The van der Waals surface area contributed by atoms with Gasteiger partial charge in [0.25, 0.3) is 6.10 Å². The lowest BCUT2D eigenvalue weighted by Gasteiger charge is -2.39. The van der Waals surface area contributed by atoms with E-state index in [9.17, 15) is 44.3 Å². The standard InChI is InChI=1S/C22H26ClF6N3O6S/c1-13-3-4-14(11-15(13)23)16(37-12-20(5-6-20)18(33)30-39(2,35)36)31-7-9-32(10-8-31)19(34)38-17(21(24,25)26)22(27,28)29/h3-4,11,16-17H,5-10,12H2,1-2H3,(H,30,33). The van der Waals surface area contributed by atoms with Crippen molar-refractivity contribution in [2.75, 3.05) is 39.0 Å². The van der Waals surface area contributed by atoms with Gasteiger partial charge >= 0.3 is 18.4 Å². The number of aryl methyl sites for hydroxylation is 1. The van der Waals surface area contributed by atoms with E-state index in [-0.39, 0.29) is 32.8 Å². The predicted molar refractivity (Wildman–Crippen MR) is 125 cm³/mol. The molecule has 39 heavy (non-hydrogen) atoms. The van der Waals surface area contributed by atoms with Gasteiger partial charge in [-0.1, -0.05) is 23.7 Å². The Hall–Kier alpha value is -2.30. The molecule has 1 unspecified atom stereocenters. The van der Waals surface area contributed by atoms with Crippen LogP contribution in [-0.4, -0.2) is 87.7 Å². The zero-order chi connectivity index (χ0) is 29.4. The first-order valence-electron chi connectivity index (χ1n) is 11.6. The molecule has 1 aliphatic carbocycles. The molecule has 1 saturated carbocycles. The lowest BCUT2D eigenvalue weighted by molar-refractivity contribution is -0.308. The minimum absolute atomic E-state index is 0.0312. The Morgan fingerprint density at radius 3 is 2.10 bits per heavy atom. The molecule has 9 nitrogen and oxygen atoms in total. The lowest BCUT2D eigenvalue weighted by atomic mass is 10.1. The second-order valence-electron chi connectivity index (χ2n) is 9.53. The van der Waals surface area contributed by atoms with Crippen molar-refractivity contribution in [1.82, 2.24) is 14.5 Å². The minimum atomic E-state index is -5.83. The van der Waals surface area contributed by atoms with Crippen molar-refractivity contribution < 1.29 is 53.8 Å². The Morgan fingerprint density at radius 2 is 1.64 bits per heavy atom. The van der Waals surface area contributed by atoms with E-state index in [1.54, 1.807) is 30.0 Å². The van der Waals surface area contributed by atoms with Crippen LogP contribution in [0.3, 0.4) is 0 Å². The van der Waals surface area contributed by atoms with Gasteiger partial charge in [0.15, 0.2) is 0 Å². The molecular formula is C22H26ClF6N3O6S. The highest BCUT2D eigenvalue weighted by molar-refractivity contribution is 7.89. The number of benzene rings is 1. The van der Waals surface area contributed by atoms with E-state index in [1.807, 2.05) is 4.72 Å². The molecule has 220 valence electrons. The number of sulfonamides is 1. The molecule has 2 fully saturated rings. The third-order valence-corrected chi connectivity index (χ3v) is 7.29. The minimum Gasteiger partial charge on any atom is -0.426 e. The molecule has 2 aliphatic rings. The summed E-state index contributed by atoms with van der Waals surface area (Å²) in [5.74, 6) is -0.720. The predicted octanol–water partition coefficient (Wildman–Crippen LogP) is 3.77. The molecule has 1 atom stereocenters. The van der Waals surface area contributed by atoms with Crippen molar-refractivity contribution >= 4 is 33.6 Å². The van der Waals surface area contributed by atoms with Crippen molar-refractivity contribution in [2.24, 2.45) is 5.41 Å². The van der Waals surface area contributed by atoms with Crippen molar-refractivity contribution in [3.63, 3.8) is 0 Å². The molecule has 1 aromatic carbocycles. The van der Waals surface area contributed by atoms with Crippen molar-refractivity contribution in [3.05, 3.63) is 34.3 Å². The smallest absolute Gasteiger partial charge is 0.426 e. The number of rotatable bonds is 8. The summed E-state index contributed by atoms with van der Waals surface area (Å²) in [7, 11) is -3.80. The molecule has 3 rings (SSSR count). The normalized spacial score (nSPS) is 19.1. The van der Waals surface area contributed by atoms with Crippen LogP contribution in [0.4, 0.5) is 31.1 Å². The van der Waals surface area contributed by atoms with Crippen LogP contribution in [0.25, 0.3) is 0 Å². The second-order valence-corrected chi connectivity index (χ2v) is 11.7. The number of nitrogens with one attached hydrogen (secondary N) is 1. The third-order valence-electron chi connectivity index (χ3n) is 6.33. The Kier molecular flexibility index (Phi) is 9.04. The highest BCUT2D eigenvalue weighted by atomic mass is 35.5. The Balaban J connectivity index is 1.72. The monoisotopic (exact) mass is 609 g/mol. The molecule has 1 aliphatic heterocycles. The van der Waals surface area contributed by atoms with Gasteiger partial charge in [-0.25, -0.2) is 13.2 Å². The maximum atomic E-state index is 12.8. The topological polar surface area (TPSA) is 105 Å². The Morgan fingerprint density at radius 1 is 1.08 bits per heavy atom. The molecule has 2 amide bonds. The van der Waals surface area contributed by atoms with Crippen LogP contribution < -0.4 is 4.72 Å². The molecule has 0 radical (unpaired) electrons. The zero-order valence-corrected chi connectivity index (χ0v) is 22.3. The number of hydrogen-bond donors (Lipinski definition) is 1. The second kappa shape index (κ2) is 11.3. The number of carbonyl (C=O) groups is 2. The van der Waals surface area contributed by atoms with Crippen LogP contribution in [0.15, 0.2) is 18.2 Å². The summed E-state index contributed by atoms with van der Waals surface area (Å²) in [6.45, 7) is 0.968. The molecule has 0 bridgehead atoms. The molecule has 1 N–H and O–H groups in total. The number of nitrogens with zero attached hydrogens (tertiary/aromatic N) is 2. The van der Waals surface area contributed by atoms with Gasteiger partial charge in [-0.15, -0.1) is 0 Å². The highest BCUT2D eigenvalue weighted by Crippen LogP contribution is 2.47. The lowest BCUT2D eigenvalue weighted by Crippen LogP contribution is -2.53. The summed E-state index contributed by atoms with van der Waals surface area (Å²) in [4.78, 5) is 27.0. The fourth-order valence-electron chi connectivity index (χ4n) is 3.91. The maximum Gasteiger partial charge on any atom is 0.434 e. The number of carbonyl (C=O) groups excluding carboxylic acids is 2. The van der Waals surface area contributed by atoms with Gasteiger partial charge in [0.1, 0.15) is 6.23 Å². The van der Waals surface area contributed by atoms with E-state index >= 15 is 0 Å². The summed E-state index contributed by atoms with van der Waals surface area (Å²) in [6, 6.07) is 5.01. The van der Waals surface area contributed by atoms with Crippen LogP contribution in [0.2, 0.25) is 5.02 Å². The summed E-state index contributed by atoms with van der Waals surface area (Å²) in [6.07, 6.45) is -17.0. The van der Waals surface area contributed by atoms with E-state index in [4.69, 9.17) is 16.3 Å². The maximum absolute atomic E-state index is 12.8. The SMILES string of the molecule is Cc1ccc(C(OCC2(C(=O)NS(C)(=O)=O)CC2)N2CCN(C(=O)OC(C(F)(F)F)C(F)(F)F)CC2)cc1Cl. The number of halogens is 7. The van der Waals surface area contributed by atoms with E-state index < -0.39 is 52.1 Å². The number of alkyl halides is 6. The summed E-state index contributed by atoms with van der Waals surface area (Å²) < 4.78 is 111. The molecular weight excluding hydrogens is 584 g/mol. The summed E-state index contributed by atoms with van der Waals surface area (Å²) in [5, 5.41) is 0.393. The van der Waals surface area contributed by atoms with Gasteiger partial charge in [-0.2, -0.15) is 26.3 Å². The van der Waals surface area contributed by atoms with E-state index in [1.165, 1.54) is 0 Å². The van der Waals surface area contributed by atoms with Gasteiger partial charge in [0.05, 0.1) is 18.3 Å². The van der Waals surface area contributed by atoms with Crippen LogP contribution in [0.1, 0.15) is 30.2 Å². The summed E-state index contributed by atoms with van der Waals surface area (Å²) in [5.41, 5.74) is 0.211. The number of ether oxygens (including phenoxy) is 2. The fraction of sp³-hybridized carbons (Fsp3) is 0.636. The zero-order valence-electron chi connectivity index (χ0n) is 20.7. The average Bonchev–Trinajstić information content (AvgIpc) is 3.59. The van der Waals surface area contributed by atoms with E-state index in [0.717, 1.165) is 16.7 Å². The van der Waals surface area contributed by atoms with Gasteiger partial charge in [0.2, 0.25) is 15.9 Å². The van der Waals surface area contributed by atoms with E-state index in [2.05, 4.69) is 4.74 Å². The first kappa shape index (κ1) is 31.2. The van der Waals surface area contributed by atoms with Crippen molar-refractivity contribution in [2.45, 2.75) is 44.4 Å². The molecule has 1 aromatic rings. The largest absolute Gasteiger partial charge is 0.434 e. The fourth-order valence-corrected chi connectivity index (χ4v) is 4.65. The van der Waals surface area contributed by atoms with E-state index in [0.29, 0.717) is 23.4 Å². The van der Waals surface area contributed by atoms with Crippen LogP contribution in [0.5, 0.6) is 0 Å². The van der Waals surface area contributed by atoms with Gasteiger partial charge < -0.3 is 14.4 Å². The van der Waals surface area contributed by atoms with Gasteiger partial charge in [-0.3, -0.25) is 14.4 Å². The third kappa shape index (κ3) is 8.11. The molecule has 0 aromatic heterocycles. The van der Waals surface area contributed by atoms with Crippen LogP contribution in [-0.2, 0) is 24.3 Å². The van der Waals surface area contributed by atoms with Crippen LogP contribution >= 0.6 is 11.6 Å². The van der Waals surface area contributed by atoms with Crippen LogP contribution in [0, 0.1) is 12.3 Å². The number of amides is 2. The average molecular weight is 610 g/mol. The summed E-state index contributed by atoms with van der Waals surface area (Å²) >= 11 is 6.25. The van der Waals surface area contributed by atoms with Crippen molar-refractivity contribution in [1.29, 1.82) is 0 Å².